The minimum Gasteiger partial charge on any atom is -0.384 e. The number of benzene rings is 1. The summed E-state index contributed by atoms with van der Waals surface area (Å²) in [7, 11) is 1.67. The number of halogens is 1. The summed E-state index contributed by atoms with van der Waals surface area (Å²) in [5.41, 5.74) is 2.04. The average molecular weight is 325 g/mol. The number of rotatable bonds is 4. The highest BCUT2D eigenvalue weighted by Crippen LogP contribution is 2.26. The van der Waals surface area contributed by atoms with Crippen LogP contribution in [0.2, 0.25) is 0 Å². The molecule has 0 spiro atoms. The van der Waals surface area contributed by atoms with Crippen molar-refractivity contribution in [2.45, 2.75) is 6.42 Å². The van der Waals surface area contributed by atoms with Gasteiger partial charge in [0, 0.05) is 13.5 Å². The quantitative estimate of drug-likeness (QED) is 0.870. The van der Waals surface area contributed by atoms with E-state index in [4.69, 9.17) is 17.0 Å². The van der Waals surface area contributed by atoms with E-state index in [1.807, 2.05) is 30.3 Å². The van der Waals surface area contributed by atoms with Crippen molar-refractivity contribution in [3.8, 4) is 11.3 Å². The first-order chi connectivity index (χ1) is 8.72. The molecule has 1 aromatic heterocycles. The van der Waals surface area contributed by atoms with Gasteiger partial charge >= 0.3 is 0 Å². The molecule has 0 bridgehead atoms. The number of aromatic amines is 1. The van der Waals surface area contributed by atoms with Crippen LogP contribution >= 0.6 is 28.1 Å². The number of H-pyrrole nitrogens is 1. The summed E-state index contributed by atoms with van der Waals surface area (Å²) in [5.74, 6) is 0.837. The first-order valence-corrected chi connectivity index (χ1v) is 6.75. The molecule has 0 aliphatic rings. The van der Waals surface area contributed by atoms with E-state index < -0.39 is 0 Å². The first kappa shape index (κ1) is 13.4. The number of nitrogens with zero attached hydrogens (tertiary/aromatic N) is 1. The Morgan fingerprint density at radius 2 is 2.06 bits per heavy atom. The second kappa shape index (κ2) is 6.22. The number of hydrogen-bond donors (Lipinski definition) is 1. The lowest BCUT2D eigenvalue weighted by molar-refractivity contribution is 0.200. The molecule has 94 valence electrons. The predicted molar refractivity (Wildman–Crippen MR) is 78.1 cm³/mol. The fraction of sp³-hybridized carbons (Fsp3) is 0.231. The van der Waals surface area contributed by atoms with Crippen molar-refractivity contribution < 1.29 is 4.74 Å². The fourth-order valence-corrected chi connectivity index (χ4v) is 2.26. The second-order valence-corrected chi connectivity index (χ2v) is 4.97. The minimum atomic E-state index is 0.568. The molecule has 0 radical (unpaired) electrons. The third-order valence-corrected chi connectivity index (χ3v) is 3.85. The van der Waals surface area contributed by atoms with E-state index in [1.54, 1.807) is 7.11 Å². The van der Waals surface area contributed by atoms with Crippen molar-refractivity contribution in [1.29, 1.82) is 0 Å². The Kier molecular flexibility index (Phi) is 4.63. The molecule has 0 fully saturated rings. The molecule has 1 N–H and O–H groups in total. The maximum atomic E-state index is 5.26. The molecular weight excluding hydrogens is 312 g/mol. The summed E-state index contributed by atoms with van der Waals surface area (Å²) in [6.07, 6.45) is 0.716. The Balaban J connectivity index is 2.46. The molecule has 0 aliphatic heterocycles. The van der Waals surface area contributed by atoms with E-state index in [2.05, 4.69) is 25.9 Å². The van der Waals surface area contributed by atoms with Crippen molar-refractivity contribution in [2.24, 2.45) is 0 Å². The van der Waals surface area contributed by atoms with Crippen LogP contribution in [-0.4, -0.2) is 23.7 Å². The highest BCUT2D eigenvalue weighted by Gasteiger charge is 2.08. The average Bonchev–Trinajstić information content (AvgIpc) is 2.41. The van der Waals surface area contributed by atoms with Gasteiger partial charge in [-0.25, -0.2) is 4.98 Å². The zero-order valence-electron chi connectivity index (χ0n) is 9.94. The van der Waals surface area contributed by atoms with Crippen LogP contribution in [0.1, 0.15) is 5.82 Å². The van der Waals surface area contributed by atoms with E-state index in [-0.39, 0.29) is 0 Å². The molecule has 1 aromatic carbocycles. The normalized spacial score (nSPS) is 10.6. The smallest absolute Gasteiger partial charge is 0.144 e. The maximum absolute atomic E-state index is 5.26. The van der Waals surface area contributed by atoms with Gasteiger partial charge in [0.25, 0.3) is 0 Å². The minimum absolute atomic E-state index is 0.568. The highest BCUT2D eigenvalue weighted by molar-refractivity contribution is 9.10. The Bertz CT molecular complexity index is 583. The van der Waals surface area contributed by atoms with Crippen LogP contribution in [0.3, 0.4) is 0 Å². The molecule has 0 saturated carbocycles. The van der Waals surface area contributed by atoms with Gasteiger partial charge in [-0.05, 0) is 21.5 Å². The standard InChI is InChI=1S/C13H13BrN2OS/c1-17-8-7-10-15-12(11(14)13(18)16-10)9-5-3-2-4-6-9/h2-6H,7-8H2,1H3,(H,15,16,18). The van der Waals surface area contributed by atoms with E-state index in [9.17, 15) is 0 Å². The van der Waals surface area contributed by atoms with Gasteiger partial charge in [0.1, 0.15) is 10.5 Å². The van der Waals surface area contributed by atoms with E-state index in [0.717, 1.165) is 21.6 Å². The molecule has 0 unspecified atom stereocenters. The molecule has 18 heavy (non-hydrogen) atoms. The highest BCUT2D eigenvalue weighted by atomic mass is 79.9. The van der Waals surface area contributed by atoms with E-state index >= 15 is 0 Å². The van der Waals surface area contributed by atoms with Crippen molar-refractivity contribution in [3.05, 3.63) is 45.3 Å². The second-order valence-electron chi connectivity index (χ2n) is 3.79. The number of methoxy groups -OCH3 is 1. The van der Waals surface area contributed by atoms with Crippen molar-refractivity contribution in [2.75, 3.05) is 13.7 Å². The van der Waals surface area contributed by atoms with Gasteiger partial charge in [0.05, 0.1) is 16.8 Å². The largest absolute Gasteiger partial charge is 0.384 e. The molecular formula is C13H13BrN2OS. The third-order valence-electron chi connectivity index (χ3n) is 2.52. The summed E-state index contributed by atoms with van der Waals surface area (Å²) in [6, 6.07) is 10.0. The molecule has 0 saturated heterocycles. The molecule has 0 aliphatic carbocycles. The monoisotopic (exact) mass is 324 g/mol. The van der Waals surface area contributed by atoms with Gasteiger partial charge in [0.2, 0.25) is 0 Å². The van der Waals surface area contributed by atoms with E-state index in [0.29, 0.717) is 17.7 Å². The maximum Gasteiger partial charge on any atom is 0.144 e. The van der Waals surface area contributed by atoms with Crippen LogP contribution in [0, 0.1) is 4.64 Å². The van der Waals surface area contributed by atoms with Gasteiger partial charge in [-0.15, -0.1) is 0 Å². The molecule has 5 heteroatoms. The summed E-state index contributed by atoms with van der Waals surface area (Å²) < 4.78 is 6.45. The first-order valence-electron chi connectivity index (χ1n) is 5.55. The number of nitrogens with one attached hydrogen (secondary N) is 1. The predicted octanol–water partition coefficient (Wildman–Crippen LogP) is 3.76. The molecule has 1 heterocycles. The summed E-state index contributed by atoms with van der Waals surface area (Å²) in [4.78, 5) is 7.63. The fourth-order valence-electron chi connectivity index (χ4n) is 1.63. The van der Waals surface area contributed by atoms with Crippen LogP contribution in [0.25, 0.3) is 11.3 Å². The number of ether oxygens (including phenoxy) is 1. The van der Waals surface area contributed by atoms with E-state index in [1.165, 1.54) is 0 Å². The zero-order valence-corrected chi connectivity index (χ0v) is 12.3. The van der Waals surface area contributed by atoms with Crippen LogP contribution in [-0.2, 0) is 11.2 Å². The Morgan fingerprint density at radius 1 is 1.33 bits per heavy atom. The zero-order chi connectivity index (χ0) is 13.0. The third kappa shape index (κ3) is 3.04. The van der Waals surface area contributed by atoms with Crippen LogP contribution in [0.15, 0.2) is 34.8 Å². The van der Waals surface area contributed by atoms with Gasteiger partial charge in [-0.1, -0.05) is 42.5 Å². The molecule has 2 rings (SSSR count). The molecule has 0 atom stereocenters. The van der Waals surface area contributed by atoms with Gasteiger partial charge in [-0.2, -0.15) is 0 Å². The molecule has 3 nitrogen and oxygen atoms in total. The number of hydrogen-bond acceptors (Lipinski definition) is 3. The van der Waals surface area contributed by atoms with Crippen LogP contribution in [0.5, 0.6) is 0 Å². The van der Waals surface area contributed by atoms with Gasteiger partial charge < -0.3 is 9.72 Å². The lowest BCUT2D eigenvalue weighted by Crippen LogP contribution is -2.03. The lowest BCUT2D eigenvalue weighted by Gasteiger charge is -2.08. The SMILES string of the molecule is COCCc1nc(=S)c(Br)c(-c2ccccc2)[nH]1. The Morgan fingerprint density at radius 3 is 2.72 bits per heavy atom. The molecule has 0 amide bonds. The van der Waals surface area contributed by atoms with Crippen molar-refractivity contribution in [3.63, 3.8) is 0 Å². The van der Waals surface area contributed by atoms with Crippen LogP contribution < -0.4 is 0 Å². The van der Waals surface area contributed by atoms with Crippen molar-refractivity contribution >= 4 is 28.1 Å². The van der Waals surface area contributed by atoms with Crippen molar-refractivity contribution in [1.82, 2.24) is 9.97 Å². The van der Waals surface area contributed by atoms with Gasteiger partial charge in [-0.3, -0.25) is 0 Å². The lowest BCUT2D eigenvalue weighted by atomic mass is 10.1. The summed E-state index contributed by atoms with van der Waals surface area (Å²) in [5, 5.41) is 0. The summed E-state index contributed by atoms with van der Waals surface area (Å²) >= 11 is 8.75. The Hall–Kier alpha value is -1.04. The summed E-state index contributed by atoms with van der Waals surface area (Å²) in [6.45, 7) is 0.619. The van der Waals surface area contributed by atoms with Crippen LogP contribution in [0.4, 0.5) is 0 Å². The van der Waals surface area contributed by atoms with Gasteiger partial charge in [0.15, 0.2) is 0 Å². The number of aromatic nitrogens is 2. The molecule has 2 aromatic rings. The topological polar surface area (TPSA) is 37.9 Å². The Labute approximate surface area is 119 Å².